The van der Waals surface area contributed by atoms with Gasteiger partial charge in [0.05, 0.1) is 0 Å². The van der Waals surface area contributed by atoms with Gasteiger partial charge in [-0.3, -0.25) is 0 Å². The Morgan fingerprint density at radius 3 is 2.67 bits per heavy atom. The molecule has 2 rings (SSSR count). The largest absolute Gasteiger partial charge is 0.346 e. The molecule has 1 fully saturated rings. The van der Waals surface area contributed by atoms with E-state index in [-0.39, 0.29) is 0 Å². The topological polar surface area (TPSA) is 54.7 Å². The molecule has 3 nitrogen and oxygen atoms in total. The van der Waals surface area contributed by atoms with Crippen molar-refractivity contribution in [2.75, 3.05) is 6.54 Å². The summed E-state index contributed by atoms with van der Waals surface area (Å²) < 4.78 is 0. The molecule has 0 spiro atoms. The van der Waals surface area contributed by atoms with Gasteiger partial charge in [-0.2, -0.15) is 0 Å². The molecule has 1 aromatic heterocycles. The minimum absolute atomic E-state index is 0.678. The van der Waals surface area contributed by atoms with E-state index in [2.05, 4.69) is 9.97 Å². The predicted octanol–water partition coefficient (Wildman–Crippen LogP) is 2.35. The maximum Gasteiger partial charge on any atom is 0.107 e. The fourth-order valence-corrected chi connectivity index (χ4v) is 2.44. The SMILES string of the molecule is NCCc1ncc(C2CCCCCC2)[nH]1. The number of hydrogen-bond donors (Lipinski definition) is 2. The van der Waals surface area contributed by atoms with E-state index in [0.717, 1.165) is 12.2 Å². The third kappa shape index (κ3) is 2.81. The van der Waals surface area contributed by atoms with Gasteiger partial charge in [0, 0.05) is 24.2 Å². The molecule has 15 heavy (non-hydrogen) atoms. The first-order valence-corrected chi connectivity index (χ1v) is 6.14. The van der Waals surface area contributed by atoms with Gasteiger partial charge in [0.1, 0.15) is 5.82 Å². The summed E-state index contributed by atoms with van der Waals surface area (Å²) in [5.74, 6) is 1.77. The van der Waals surface area contributed by atoms with Gasteiger partial charge in [-0.05, 0) is 19.4 Å². The predicted molar refractivity (Wildman–Crippen MR) is 61.8 cm³/mol. The van der Waals surface area contributed by atoms with E-state index >= 15 is 0 Å². The molecule has 1 aliphatic carbocycles. The van der Waals surface area contributed by atoms with Crippen molar-refractivity contribution in [2.45, 2.75) is 50.9 Å². The van der Waals surface area contributed by atoms with Gasteiger partial charge < -0.3 is 10.7 Å². The highest BCUT2D eigenvalue weighted by atomic mass is 14.9. The van der Waals surface area contributed by atoms with E-state index in [1.165, 1.54) is 44.2 Å². The zero-order valence-corrected chi connectivity index (χ0v) is 9.34. The summed E-state index contributed by atoms with van der Waals surface area (Å²) in [6.45, 7) is 0.678. The number of imidazole rings is 1. The summed E-state index contributed by atoms with van der Waals surface area (Å²) in [6, 6.07) is 0. The second-order valence-electron chi connectivity index (χ2n) is 4.51. The molecule has 1 saturated carbocycles. The van der Waals surface area contributed by atoms with E-state index in [1.807, 2.05) is 6.20 Å². The van der Waals surface area contributed by atoms with Crippen LogP contribution in [0.25, 0.3) is 0 Å². The fourth-order valence-electron chi connectivity index (χ4n) is 2.44. The fraction of sp³-hybridized carbons (Fsp3) is 0.750. The van der Waals surface area contributed by atoms with E-state index in [0.29, 0.717) is 12.5 Å². The van der Waals surface area contributed by atoms with Crippen LogP contribution < -0.4 is 5.73 Å². The smallest absolute Gasteiger partial charge is 0.107 e. The summed E-state index contributed by atoms with van der Waals surface area (Å²) in [4.78, 5) is 7.80. The first-order valence-electron chi connectivity index (χ1n) is 6.14. The molecular weight excluding hydrogens is 186 g/mol. The van der Waals surface area contributed by atoms with Crippen LogP contribution in [0.5, 0.6) is 0 Å². The van der Waals surface area contributed by atoms with Crippen LogP contribution in [0, 0.1) is 0 Å². The first-order chi connectivity index (χ1) is 7.40. The van der Waals surface area contributed by atoms with Crippen molar-refractivity contribution in [1.29, 1.82) is 0 Å². The van der Waals surface area contributed by atoms with Gasteiger partial charge in [0.15, 0.2) is 0 Å². The van der Waals surface area contributed by atoms with Crippen molar-refractivity contribution in [3.63, 3.8) is 0 Å². The van der Waals surface area contributed by atoms with Crippen molar-refractivity contribution >= 4 is 0 Å². The Balaban J connectivity index is 2.00. The summed E-state index contributed by atoms with van der Waals surface area (Å²) >= 11 is 0. The molecule has 1 aliphatic rings. The van der Waals surface area contributed by atoms with Gasteiger partial charge in [0.2, 0.25) is 0 Å². The lowest BCUT2D eigenvalue weighted by molar-refractivity contribution is 0.579. The van der Waals surface area contributed by atoms with E-state index in [9.17, 15) is 0 Å². The Morgan fingerprint density at radius 1 is 1.27 bits per heavy atom. The Hall–Kier alpha value is -0.830. The van der Waals surface area contributed by atoms with Crippen molar-refractivity contribution in [3.8, 4) is 0 Å². The van der Waals surface area contributed by atoms with Crippen LogP contribution >= 0.6 is 0 Å². The molecule has 0 bridgehead atoms. The number of hydrogen-bond acceptors (Lipinski definition) is 2. The highest BCUT2D eigenvalue weighted by Gasteiger charge is 2.16. The van der Waals surface area contributed by atoms with Gasteiger partial charge in [-0.15, -0.1) is 0 Å². The summed E-state index contributed by atoms with van der Waals surface area (Å²) in [5, 5.41) is 0. The molecule has 0 saturated heterocycles. The summed E-state index contributed by atoms with van der Waals surface area (Å²) in [7, 11) is 0. The lowest BCUT2D eigenvalue weighted by atomic mass is 9.97. The molecule has 84 valence electrons. The number of aromatic nitrogens is 2. The first kappa shape index (κ1) is 10.7. The molecule has 0 unspecified atom stereocenters. The van der Waals surface area contributed by atoms with Crippen molar-refractivity contribution in [3.05, 3.63) is 17.7 Å². The van der Waals surface area contributed by atoms with Crippen molar-refractivity contribution in [2.24, 2.45) is 5.73 Å². The molecule has 1 heterocycles. The molecule has 0 atom stereocenters. The number of nitrogens with one attached hydrogen (secondary N) is 1. The van der Waals surface area contributed by atoms with Gasteiger partial charge >= 0.3 is 0 Å². The maximum atomic E-state index is 5.51. The van der Waals surface area contributed by atoms with Crippen LogP contribution in [0.4, 0.5) is 0 Å². The molecule has 0 amide bonds. The monoisotopic (exact) mass is 207 g/mol. The standard InChI is InChI=1S/C12H21N3/c13-8-7-12-14-9-11(15-12)10-5-3-1-2-4-6-10/h9-10H,1-8,13H2,(H,14,15). The summed E-state index contributed by atoms with van der Waals surface area (Å²) in [5.41, 5.74) is 6.85. The summed E-state index contributed by atoms with van der Waals surface area (Å²) in [6.07, 6.45) is 11.1. The van der Waals surface area contributed by atoms with Gasteiger partial charge in [-0.25, -0.2) is 4.98 Å². The number of H-pyrrole nitrogens is 1. The lowest BCUT2D eigenvalue weighted by Crippen LogP contribution is -2.04. The molecule has 0 radical (unpaired) electrons. The van der Waals surface area contributed by atoms with Crippen LogP contribution in [-0.2, 0) is 6.42 Å². The lowest BCUT2D eigenvalue weighted by Gasteiger charge is -2.10. The van der Waals surface area contributed by atoms with E-state index < -0.39 is 0 Å². The third-order valence-electron chi connectivity index (χ3n) is 3.32. The highest BCUT2D eigenvalue weighted by Crippen LogP contribution is 2.30. The molecule has 0 aliphatic heterocycles. The van der Waals surface area contributed by atoms with Crippen molar-refractivity contribution < 1.29 is 0 Å². The molecule has 1 aromatic rings. The quantitative estimate of drug-likeness (QED) is 0.747. The van der Waals surface area contributed by atoms with Crippen LogP contribution in [-0.4, -0.2) is 16.5 Å². The number of rotatable bonds is 3. The normalized spacial score (nSPS) is 19.0. The molecule has 0 aromatic carbocycles. The second kappa shape index (κ2) is 5.31. The Kier molecular flexibility index (Phi) is 3.78. The van der Waals surface area contributed by atoms with E-state index in [1.54, 1.807) is 0 Å². The number of nitrogens with two attached hydrogens (primary N) is 1. The Labute approximate surface area is 91.5 Å². The van der Waals surface area contributed by atoms with Crippen LogP contribution in [0.2, 0.25) is 0 Å². The molecular formula is C12H21N3. The Bertz CT molecular complexity index is 285. The minimum atomic E-state index is 0.678. The zero-order chi connectivity index (χ0) is 10.5. The average molecular weight is 207 g/mol. The highest BCUT2D eigenvalue weighted by molar-refractivity contribution is 5.08. The minimum Gasteiger partial charge on any atom is -0.346 e. The second-order valence-corrected chi connectivity index (χ2v) is 4.51. The van der Waals surface area contributed by atoms with Crippen LogP contribution in [0.3, 0.4) is 0 Å². The van der Waals surface area contributed by atoms with E-state index in [4.69, 9.17) is 5.73 Å². The van der Waals surface area contributed by atoms with Gasteiger partial charge in [0.25, 0.3) is 0 Å². The average Bonchev–Trinajstić information content (AvgIpc) is 2.53. The van der Waals surface area contributed by atoms with Crippen LogP contribution in [0.1, 0.15) is 56.0 Å². The zero-order valence-electron chi connectivity index (χ0n) is 9.34. The Morgan fingerprint density at radius 2 is 2.00 bits per heavy atom. The molecule has 3 N–H and O–H groups in total. The maximum absolute atomic E-state index is 5.51. The van der Waals surface area contributed by atoms with Gasteiger partial charge in [-0.1, -0.05) is 25.7 Å². The van der Waals surface area contributed by atoms with Crippen molar-refractivity contribution in [1.82, 2.24) is 9.97 Å². The van der Waals surface area contributed by atoms with Crippen LogP contribution in [0.15, 0.2) is 6.20 Å². The number of nitrogens with zero attached hydrogens (tertiary/aromatic N) is 1. The number of aromatic amines is 1. The molecule has 3 heteroatoms. The third-order valence-corrected chi connectivity index (χ3v) is 3.32.